The summed E-state index contributed by atoms with van der Waals surface area (Å²) in [5.74, 6) is -0.976. The van der Waals surface area contributed by atoms with E-state index in [4.69, 9.17) is 15.4 Å². The molecule has 0 aliphatic carbocycles. The summed E-state index contributed by atoms with van der Waals surface area (Å²) in [4.78, 5) is 9.91. The number of nitrogens with zero attached hydrogens (tertiary/aromatic N) is 1. The predicted molar refractivity (Wildman–Crippen MR) is 67.4 cm³/mol. The molecule has 19 heavy (non-hydrogen) atoms. The van der Waals surface area contributed by atoms with Gasteiger partial charge in [0.2, 0.25) is 9.05 Å². The Morgan fingerprint density at radius 2 is 2.05 bits per heavy atom. The molecule has 0 aromatic heterocycles. The summed E-state index contributed by atoms with van der Waals surface area (Å²) in [7, 11) is 1.48. The van der Waals surface area contributed by atoms with E-state index in [1.54, 1.807) is 0 Å². The van der Waals surface area contributed by atoms with Crippen molar-refractivity contribution in [2.24, 2.45) is 0 Å². The molecule has 0 aliphatic rings. The van der Waals surface area contributed by atoms with Crippen molar-refractivity contribution < 1.29 is 22.5 Å². The van der Waals surface area contributed by atoms with Crippen LogP contribution in [0.15, 0.2) is 18.2 Å². The highest BCUT2D eigenvalue weighted by molar-refractivity contribution is 8.13. The first-order chi connectivity index (χ1) is 8.79. The Kier molecular flexibility index (Phi) is 5.49. The number of nitro benzene ring substituents is 1. The summed E-state index contributed by atoms with van der Waals surface area (Å²) in [6.07, 6.45) is 0.640. The van der Waals surface area contributed by atoms with E-state index in [0.717, 1.165) is 18.2 Å². The molecule has 0 bridgehead atoms. The molecule has 0 saturated heterocycles. The summed E-state index contributed by atoms with van der Waals surface area (Å²) < 4.78 is 39.2. The molecule has 0 atom stereocenters. The van der Waals surface area contributed by atoms with E-state index in [0.29, 0.717) is 6.42 Å². The molecule has 1 aromatic carbocycles. The Morgan fingerprint density at radius 1 is 1.37 bits per heavy atom. The van der Waals surface area contributed by atoms with Crippen LogP contribution in [0, 0.1) is 15.9 Å². The van der Waals surface area contributed by atoms with Crippen LogP contribution in [0.2, 0.25) is 0 Å². The summed E-state index contributed by atoms with van der Waals surface area (Å²) in [6.45, 7) is 0.0822. The second kappa shape index (κ2) is 6.67. The Hall–Kier alpha value is -1.41. The number of hydrogen-bond donors (Lipinski definition) is 0. The first kappa shape index (κ1) is 15.6. The zero-order valence-electron chi connectivity index (χ0n) is 9.71. The van der Waals surface area contributed by atoms with Gasteiger partial charge in [-0.15, -0.1) is 0 Å². The van der Waals surface area contributed by atoms with Crippen LogP contribution in [0.5, 0.6) is 5.75 Å². The lowest BCUT2D eigenvalue weighted by molar-refractivity contribution is -0.386. The van der Waals surface area contributed by atoms with Crippen LogP contribution in [0.25, 0.3) is 0 Å². The van der Waals surface area contributed by atoms with Crippen molar-refractivity contribution in [1.82, 2.24) is 0 Å². The zero-order chi connectivity index (χ0) is 14.5. The van der Waals surface area contributed by atoms with E-state index in [1.807, 2.05) is 0 Å². The van der Waals surface area contributed by atoms with E-state index >= 15 is 0 Å². The maximum Gasteiger partial charge on any atom is 0.313 e. The summed E-state index contributed by atoms with van der Waals surface area (Å²) in [5, 5.41) is 10.7. The maximum absolute atomic E-state index is 12.8. The molecule has 0 amide bonds. The lowest BCUT2D eigenvalue weighted by Crippen LogP contribution is -2.04. The molecule has 0 N–H and O–H groups in total. The molecular weight excluding hydrogens is 301 g/mol. The summed E-state index contributed by atoms with van der Waals surface area (Å²) in [6, 6.07) is 2.97. The number of benzene rings is 1. The van der Waals surface area contributed by atoms with Crippen LogP contribution >= 0.6 is 10.7 Å². The molecular formula is C10H11ClFNO5S. The van der Waals surface area contributed by atoms with Crippen molar-refractivity contribution in [3.63, 3.8) is 0 Å². The number of unbranched alkanes of at least 4 members (excludes halogenated alkanes) is 1. The Bertz CT molecular complexity index is 563. The van der Waals surface area contributed by atoms with Crippen LogP contribution in [0.3, 0.4) is 0 Å². The minimum absolute atomic E-state index is 0.0554. The fourth-order valence-corrected chi connectivity index (χ4v) is 2.19. The average Bonchev–Trinajstić information content (AvgIpc) is 2.28. The normalized spacial score (nSPS) is 11.3. The van der Waals surface area contributed by atoms with Crippen LogP contribution < -0.4 is 4.74 Å². The Morgan fingerprint density at radius 3 is 2.63 bits per heavy atom. The minimum Gasteiger partial charge on any atom is -0.487 e. The predicted octanol–water partition coefficient (Wildman–Crippen LogP) is 2.46. The number of hydrogen-bond acceptors (Lipinski definition) is 5. The highest BCUT2D eigenvalue weighted by atomic mass is 35.7. The lowest BCUT2D eigenvalue weighted by Gasteiger charge is -2.06. The van der Waals surface area contributed by atoms with E-state index in [2.05, 4.69) is 0 Å². The van der Waals surface area contributed by atoms with Gasteiger partial charge in [0.1, 0.15) is 5.82 Å². The largest absolute Gasteiger partial charge is 0.487 e. The van der Waals surface area contributed by atoms with Gasteiger partial charge in [-0.2, -0.15) is 0 Å². The average molecular weight is 312 g/mol. The van der Waals surface area contributed by atoms with Crippen LogP contribution in [-0.4, -0.2) is 25.7 Å². The van der Waals surface area contributed by atoms with Crippen LogP contribution in [-0.2, 0) is 9.05 Å². The smallest absolute Gasteiger partial charge is 0.313 e. The quantitative estimate of drug-likeness (QED) is 0.334. The fourth-order valence-electron chi connectivity index (χ4n) is 1.31. The molecule has 9 heteroatoms. The molecule has 1 rings (SSSR count). The van der Waals surface area contributed by atoms with Gasteiger partial charge in [0.05, 0.1) is 23.3 Å². The van der Waals surface area contributed by atoms with Crippen LogP contribution in [0.1, 0.15) is 12.8 Å². The fraction of sp³-hybridized carbons (Fsp3) is 0.400. The summed E-state index contributed by atoms with van der Waals surface area (Å²) >= 11 is 0. The standard InChI is InChI=1S/C10H11ClFNO5S/c11-19(16,17)6-2-1-5-18-10-4-3-8(12)7-9(10)13(14)15/h3-4,7H,1-2,5-6H2. The molecule has 1 aromatic rings. The Labute approximate surface area is 113 Å². The monoisotopic (exact) mass is 311 g/mol. The van der Waals surface area contributed by atoms with Crippen molar-refractivity contribution in [1.29, 1.82) is 0 Å². The van der Waals surface area contributed by atoms with E-state index in [-0.39, 0.29) is 24.5 Å². The van der Waals surface area contributed by atoms with Crippen LogP contribution in [0.4, 0.5) is 10.1 Å². The number of rotatable bonds is 7. The van der Waals surface area contributed by atoms with Gasteiger partial charge < -0.3 is 4.74 Å². The second-order valence-electron chi connectivity index (χ2n) is 3.67. The van der Waals surface area contributed by atoms with Gasteiger partial charge in [-0.3, -0.25) is 10.1 Å². The van der Waals surface area contributed by atoms with Gasteiger partial charge in [-0.05, 0) is 25.0 Å². The first-order valence-electron chi connectivity index (χ1n) is 5.28. The minimum atomic E-state index is -3.54. The molecule has 0 spiro atoms. The van der Waals surface area contributed by atoms with Crippen molar-refractivity contribution in [2.75, 3.05) is 12.4 Å². The number of nitro groups is 1. The molecule has 0 heterocycles. The zero-order valence-corrected chi connectivity index (χ0v) is 11.3. The third-order valence-corrected chi connectivity index (χ3v) is 3.40. The molecule has 0 aliphatic heterocycles. The Balaban J connectivity index is 2.52. The van der Waals surface area contributed by atoms with Crippen molar-refractivity contribution >= 4 is 25.4 Å². The highest BCUT2D eigenvalue weighted by Crippen LogP contribution is 2.27. The van der Waals surface area contributed by atoms with Crippen molar-refractivity contribution in [3.8, 4) is 5.75 Å². The summed E-state index contributed by atoms with van der Waals surface area (Å²) in [5.41, 5.74) is -0.468. The van der Waals surface area contributed by atoms with E-state index in [1.165, 1.54) is 0 Å². The third-order valence-electron chi connectivity index (χ3n) is 2.16. The van der Waals surface area contributed by atoms with Gasteiger partial charge in [0.15, 0.2) is 5.75 Å². The molecule has 6 nitrogen and oxygen atoms in total. The first-order valence-corrected chi connectivity index (χ1v) is 7.76. The van der Waals surface area contributed by atoms with E-state index < -0.39 is 25.5 Å². The molecule has 0 saturated carbocycles. The van der Waals surface area contributed by atoms with Gasteiger partial charge in [0, 0.05) is 10.7 Å². The van der Waals surface area contributed by atoms with Crippen molar-refractivity contribution in [2.45, 2.75) is 12.8 Å². The second-order valence-corrected chi connectivity index (χ2v) is 6.56. The topological polar surface area (TPSA) is 86.5 Å². The SMILES string of the molecule is O=[N+]([O-])c1cc(F)ccc1OCCCCS(=O)(=O)Cl. The third kappa shape index (κ3) is 5.84. The van der Waals surface area contributed by atoms with Gasteiger partial charge in [-0.1, -0.05) is 0 Å². The van der Waals surface area contributed by atoms with Gasteiger partial charge in [0.25, 0.3) is 0 Å². The molecule has 106 valence electrons. The molecule has 0 radical (unpaired) electrons. The van der Waals surface area contributed by atoms with Crippen molar-refractivity contribution in [3.05, 3.63) is 34.1 Å². The van der Waals surface area contributed by atoms with Gasteiger partial charge >= 0.3 is 5.69 Å². The number of halogens is 2. The molecule has 0 unspecified atom stereocenters. The van der Waals surface area contributed by atoms with E-state index in [9.17, 15) is 22.9 Å². The molecule has 0 fully saturated rings. The lowest BCUT2D eigenvalue weighted by atomic mass is 10.3. The highest BCUT2D eigenvalue weighted by Gasteiger charge is 2.16. The number of ether oxygens (including phenoxy) is 1. The maximum atomic E-state index is 12.8. The van der Waals surface area contributed by atoms with Gasteiger partial charge in [-0.25, -0.2) is 12.8 Å².